The van der Waals surface area contributed by atoms with Crippen LogP contribution in [-0.4, -0.2) is 18.3 Å². The van der Waals surface area contributed by atoms with Gasteiger partial charge < -0.3 is 9.84 Å². The first-order valence-corrected chi connectivity index (χ1v) is 6.94. The molecule has 2 nitrogen and oxygen atoms in total. The van der Waals surface area contributed by atoms with Crippen molar-refractivity contribution in [2.45, 2.75) is 51.2 Å². The van der Waals surface area contributed by atoms with Crippen molar-refractivity contribution < 1.29 is 9.84 Å². The first-order chi connectivity index (χ1) is 8.63. The van der Waals surface area contributed by atoms with Crippen LogP contribution in [0.4, 0.5) is 0 Å². The maximum Gasteiger partial charge on any atom is 0.105 e. The molecule has 2 rings (SSSR count). The van der Waals surface area contributed by atoms with Gasteiger partial charge in [-0.3, -0.25) is 0 Å². The second-order valence-electron chi connectivity index (χ2n) is 5.68. The quantitative estimate of drug-likeness (QED) is 0.861. The van der Waals surface area contributed by atoms with Crippen LogP contribution in [0.25, 0.3) is 0 Å². The molecule has 1 aromatic carbocycles. The number of ether oxygens (including phenoxy) is 1. The van der Waals surface area contributed by atoms with Gasteiger partial charge in [0.1, 0.15) is 6.10 Å². The molecule has 0 saturated heterocycles. The van der Waals surface area contributed by atoms with Gasteiger partial charge in [-0.25, -0.2) is 0 Å². The van der Waals surface area contributed by atoms with Crippen molar-refractivity contribution in [1.82, 2.24) is 0 Å². The van der Waals surface area contributed by atoms with Crippen LogP contribution in [0.3, 0.4) is 0 Å². The number of methoxy groups -OCH3 is 1. The number of aliphatic hydroxyl groups excluding tert-OH is 1. The lowest BCUT2D eigenvalue weighted by Gasteiger charge is -2.27. The molecule has 0 amide bonds. The van der Waals surface area contributed by atoms with Crippen LogP contribution in [0.15, 0.2) is 24.3 Å². The summed E-state index contributed by atoms with van der Waals surface area (Å²) in [7, 11) is 1.66. The Hall–Kier alpha value is -0.860. The number of benzene rings is 1. The van der Waals surface area contributed by atoms with Gasteiger partial charge in [0.25, 0.3) is 0 Å². The molecule has 100 valence electrons. The molecule has 1 aliphatic carbocycles. The van der Waals surface area contributed by atoms with Crippen molar-refractivity contribution >= 4 is 0 Å². The molecular formula is C16H24O2. The van der Waals surface area contributed by atoms with Crippen molar-refractivity contribution in [3.63, 3.8) is 0 Å². The van der Waals surface area contributed by atoms with E-state index in [2.05, 4.69) is 26.0 Å². The van der Waals surface area contributed by atoms with E-state index in [0.717, 1.165) is 11.5 Å². The third-order valence-electron chi connectivity index (χ3n) is 4.09. The summed E-state index contributed by atoms with van der Waals surface area (Å²) in [6, 6.07) is 8.42. The molecule has 1 aliphatic rings. The molecule has 0 heterocycles. The molecule has 0 radical (unpaired) electrons. The van der Waals surface area contributed by atoms with Crippen LogP contribution < -0.4 is 0 Å². The number of aliphatic hydroxyl groups is 1. The molecule has 1 fully saturated rings. The van der Waals surface area contributed by atoms with Crippen LogP contribution >= 0.6 is 0 Å². The minimum Gasteiger partial charge on any atom is -0.386 e. The zero-order valence-electron chi connectivity index (χ0n) is 11.6. The van der Waals surface area contributed by atoms with E-state index in [1.165, 1.54) is 24.8 Å². The van der Waals surface area contributed by atoms with E-state index in [1.54, 1.807) is 7.11 Å². The van der Waals surface area contributed by atoms with Gasteiger partial charge in [0.2, 0.25) is 0 Å². The highest BCUT2D eigenvalue weighted by Crippen LogP contribution is 2.36. The summed E-state index contributed by atoms with van der Waals surface area (Å²) in [4.78, 5) is 0. The standard InChI is InChI=1S/C16H24O2/c1-11(2)16(18-3)15(17)14-9-7-13(8-10-14)12-5-4-6-12/h7-12,15-17H,4-6H2,1-3H3. The number of rotatable bonds is 5. The average molecular weight is 248 g/mol. The predicted molar refractivity (Wildman–Crippen MR) is 73.6 cm³/mol. The smallest absolute Gasteiger partial charge is 0.105 e. The Morgan fingerprint density at radius 1 is 1.17 bits per heavy atom. The highest BCUT2D eigenvalue weighted by molar-refractivity contribution is 5.28. The van der Waals surface area contributed by atoms with E-state index >= 15 is 0 Å². The van der Waals surface area contributed by atoms with E-state index < -0.39 is 6.10 Å². The highest BCUT2D eigenvalue weighted by Gasteiger charge is 2.24. The molecule has 2 unspecified atom stereocenters. The zero-order chi connectivity index (χ0) is 13.1. The molecule has 2 atom stereocenters. The van der Waals surface area contributed by atoms with Crippen LogP contribution in [0.1, 0.15) is 56.3 Å². The minimum absolute atomic E-state index is 0.139. The number of hydrogen-bond acceptors (Lipinski definition) is 2. The largest absolute Gasteiger partial charge is 0.386 e. The van der Waals surface area contributed by atoms with Crippen LogP contribution in [0, 0.1) is 5.92 Å². The first-order valence-electron chi connectivity index (χ1n) is 6.94. The van der Waals surface area contributed by atoms with Gasteiger partial charge in [0.15, 0.2) is 0 Å². The van der Waals surface area contributed by atoms with E-state index in [0.29, 0.717) is 5.92 Å². The van der Waals surface area contributed by atoms with Crippen LogP contribution in [-0.2, 0) is 4.74 Å². The second-order valence-corrected chi connectivity index (χ2v) is 5.68. The predicted octanol–water partition coefficient (Wildman–Crippen LogP) is 3.66. The Kier molecular flexibility index (Phi) is 4.41. The Morgan fingerprint density at radius 3 is 2.17 bits per heavy atom. The molecule has 2 heteroatoms. The molecule has 0 spiro atoms. The molecule has 1 aromatic rings. The fraction of sp³-hybridized carbons (Fsp3) is 0.625. The van der Waals surface area contributed by atoms with Crippen molar-refractivity contribution in [2.24, 2.45) is 5.92 Å². The second kappa shape index (κ2) is 5.85. The molecule has 1 N–H and O–H groups in total. The lowest BCUT2D eigenvalue weighted by molar-refractivity contribution is -0.0390. The Morgan fingerprint density at radius 2 is 1.78 bits per heavy atom. The fourth-order valence-corrected chi connectivity index (χ4v) is 2.66. The van der Waals surface area contributed by atoms with Crippen LogP contribution in [0.5, 0.6) is 0 Å². The molecule has 0 aromatic heterocycles. The summed E-state index contributed by atoms with van der Waals surface area (Å²) in [5.41, 5.74) is 2.37. The minimum atomic E-state index is -0.537. The zero-order valence-corrected chi connectivity index (χ0v) is 11.6. The fourth-order valence-electron chi connectivity index (χ4n) is 2.66. The molecular weight excluding hydrogens is 224 g/mol. The third kappa shape index (κ3) is 2.76. The summed E-state index contributed by atoms with van der Waals surface area (Å²) in [6.45, 7) is 4.14. The van der Waals surface area contributed by atoms with E-state index in [9.17, 15) is 5.11 Å². The highest BCUT2D eigenvalue weighted by atomic mass is 16.5. The van der Waals surface area contributed by atoms with Gasteiger partial charge >= 0.3 is 0 Å². The van der Waals surface area contributed by atoms with Crippen molar-refractivity contribution in [1.29, 1.82) is 0 Å². The summed E-state index contributed by atoms with van der Waals surface area (Å²) in [5, 5.41) is 10.3. The maximum absolute atomic E-state index is 10.3. The Labute approximate surface area is 110 Å². The van der Waals surface area contributed by atoms with Crippen molar-refractivity contribution in [3.05, 3.63) is 35.4 Å². The summed E-state index contributed by atoms with van der Waals surface area (Å²) in [5.74, 6) is 1.05. The van der Waals surface area contributed by atoms with Crippen molar-refractivity contribution in [2.75, 3.05) is 7.11 Å². The third-order valence-corrected chi connectivity index (χ3v) is 4.09. The Balaban J connectivity index is 2.07. The number of hydrogen-bond donors (Lipinski definition) is 1. The van der Waals surface area contributed by atoms with Gasteiger partial charge in [-0.15, -0.1) is 0 Å². The van der Waals surface area contributed by atoms with Gasteiger partial charge in [-0.05, 0) is 35.8 Å². The summed E-state index contributed by atoms with van der Waals surface area (Å²) >= 11 is 0. The monoisotopic (exact) mass is 248 g/mol. The van der Waals surface area contributed by atoms with E-state index in [4.69, 9.17) is 4.74 Å². The topological polar surface area (TPSA) is 29.5 Å². The average Bonchev–Trinajstić information content (AvgIpc) is 2.28. The summed E-state index contributed by atoms with van der Waals surface area (Å²) in [6.07, 6.45) is 3.31. The molecule has 18 heavy (non-hydrogen) atoms. The van der Waals surface area contributed by atoms with Gasteiger partial charge in [-0.1, -0.05) is 44.5 Å². The molecule has 0 bridgehead atoms. The molecule has 0 aliphatic heterocycles. The normalized spacial score (nSPS) is 19.6. The van der Waals surface area contributed by atoms with Gasteiger partial charge in [0, 0.05) is 7.11 Å². The summed E-state index contributed by atoms with van der Waals surface area (Å²) < 4.78 is 5.39. The SMILES string of the molecule is COC(C(C)C)C(O)c1ccc(C2CCC2)cc1. The lowest BCUT2D eigenvalue weighted by atomic mass is 9.79. The van der Waals surface area contributed by atoms with E-state index in [1.807, 2.05) is 12.1 Å². The molecule has 1 saturated carbocycles. The lowest BCUT2D eigenvalue weighted by Crippen LogP contribution is -2.26. The maximum atomic E-state index is 10.3. The van der Waals surface area contributed by atoms with Gasteiger partial charge in [0.05, 0.1) is 6.10 Å². The Bertz CT molecular complexity index is 365. The first kappa shape index (κ1) is 13.6. The van der Waals surface area contributed by atoms with E-state index in [-0.39, 0.29) is 6.10 Å². The van der Waals surface area contributed by atoms with Crippen molar-refractivity contribution in [3.8, 4) is 0 Å². The van der Waals surface area contributed by atoms with Gasteiger partial charge in [-0.2, -0.15) is 0 Å². The van der Waals surface area contributed by atoms with Crippen LogP contribution in [0.2, 0.25) is 0 Å².